The molecule has 0 amide bonds. The van der Waals surface area contributed by atoms with Crippen molar-refractivity contribution < 1.29 is 4.74 Å². The molecule has 114 valence electrons. The summed E-state index contributed by atoms with van der Waals surface area (Å²) in [5.74, 6) is 0. The van der Waals surface area contributed by atoms with E-state index in [0.29, 0.717) is 6.04 Å². The Morgan fingerprint density at radius 3 is 2.20 bits per heavy atom. The molecule has 0 fully saturated rings. The van der Waals surface area contributed by atoms with E-state index >= 15 is 0 Å². The van der Waals surface area contributed by atoms with Crippen molar-refractivity contribution >= 4 is 0 Å². The van der Waals surface area contributed by atoms with E-state index in [9.17, 15) is 0 Å². The molecular weight excluding hydrogens is 246 g/mol. The van der Waals surface area contributed by atoms with Gasteiger partial charge in [-0.25, -0.2) is 0 Å². The Bertz CT molecular complexity index is 364. The molecule has 2 heteroatoms. The first-order valence-electron chi connectivity index (χ1n) is 7.90. The molecule has 20 heavy (non-hydrogen) atoms. The average molecular weight is 277 g/mol. The van der Waals surface area contributed by atoms with Gasteiger partial charge in [-0.15, -0.1) is 0 Å². The van der Waals surface area contributed by atoms with Crippen molar-refractivity contribution in [3.05, 3.63) is 35.4 Å². The van der Waals surface area contributed by atoms with Crippen LogP contribution in [0.2, 0.25) is 0 Å². The molecule has 0 saturated carbocycles. The van der Waals surface area contributed by atoms with Crippen LogP contribution in [0.1, 0.15) is 64.6 Å². The Kier molecular flexibility index (Phi) is 7.25. The van der Waals surface area contributed by atoms with Crippen molar-refractivity contribution in [3.8, 4) is 0 Å². The van der Waals surface area contributed by atoms with Crippen LogP contribution in [0.15, 0.2) is 24.3 Å². The summed E-state index contributed by atoms with van der Waals surface area (Å²) >= 11 is 0. The molecule has 1 unspecified atom stereocenters. The van der Waals surface area contributed by atoms with Crippen LogP contribution in [-0.4, -0.2) is 19.8 Å². The zero-order chi connectivity index (χ0) is 15.0. The summed E-state index contributed by atoms with van der Waals surface area (Å²) in [6.07, 6.45) is 2.12. The second-order valence-corrected chi connectivity index (χ2v) is 6.38. The molecule has 2 nitrogen and oxygen atoms in total. The first-order valence-corrected chi connectivity index (χ1v) is 7.90. The fourth-order valence-electron chi connectivity index (χ4n) is 2.30. The van der Waals surface area contributed by atoms with Gasteiger partial charge >= 0.3 is 0 Å². The molecule has 0 saturated heterocycles. The van der Waals surface area contributed by atoms with Crippen LogP contribution in [0.3, 0.4) is 0 Å². The van der Waals surface area contributed by atoms with Crippen molar-refractivity contribution in [1.82, 2.24) is 5.32 Å². The predicted octanol–water partition coefficient (Wildman–Crippen LogP) is 4.45. The van der Waals surface area contributed by atoms with Gasteiger partial charge in [0.05, 0.1) is 0 Å². The van der Waals surface area contributed by atoms with Gasteiger partial charge in [0.15, 0.2) is 0 Å². The predicted molar refractivity (Wildman–Crippen MR) is 87.3 cm³/mol. The van der Waals surface area contributed by atoms with E-state index < -0.39 is 0 Å². The lowest BCUT2D eigenvalue weighted by atomic mass is 9.86. The van der Waals surface area contributed by atoms with Crippen LogP contribution in [0.5, 0.6) is 0 Å². The first-order chi connectivity index (χ1) is 9.49. The van der Waals surface area contributed by atoms with Crippen LogP contribution >= 0.6 is 0 Å². The molecule has 0 aromatic heterocycles. The molecule has 0 aliphatic carbocycles. The maximum atomic E-state index is 5.62. The molecule has 0 aliphatic heterocycles. The molecule has 0 bridgehead atoms. The standard InChI is InChI=1S/C18H31NO/c1-6-13-20-14-12-17(19-7-2)15-8-10-16(11-9-15)18(3,4)5/h8-11,17,19H,6-7,12-14H2,1-5H3. The molecule has 0 heterocycles. The van der Waals surface area contributed by atoms with E-state index in [1.807, 2.05) is 0 Å². The van der Waals surface area contributed by atoms with Crippen LogP contribution < -0.4 is 5.32 Å². The lowest BCUT2D eigenvalue weighted by Crippen LogP contribution is -2.22. The fraction of sp³-hybridized carbons (Fsp3) is 0.667. The molecular formula is C18H31NO. The van der Waals surface area contributed by atoms with E-state index in [0.717, 1.165) is 32.6 Å². The Morgan fingerprint density at radius 2 is 1.70 bits per heavy atom. The van der Waals surface area contributed by atoms with Gasteiger partial charge in [0, 0.05) is 19.3 Å². The van der Waals surface area contributed by atoms with Crippen LogP contribution in [0, 0.1) is 0 Å². The van der Waals surface area contributed by atoms with Gasteiger partial charge in [-0.3, -0.25) is 0 Å². The Morgan fingerprint density at radius 1 is 1.05 bits per heavy atom. The van der Waals surface area contributed by atoms with Gasteiger partial charge in [0.1, 0.15) is 0 Å². The SMILES string of the molecule is CCCOCCC(NCC)c1ccc(C(C)(C)C)cc1. The topological polar surface area (TPSA) is 21.3 Å². The third kappa shape index (κ3) is 5.64. The summed E-state index contributed by atoms with van der Waals surface area (Å²) in [6, 6.07) is 9.42. The van der Waals surface area contributed by atoms with Gasteiger partial charge < -0.3 is 10.1 Å². The quantitative estimate of drug-likeness (QED) is 0.709. The van der Waals surface area contributed by atoms with E-state index in [1.54, 1.807) is 0 Å². The molecule has 1 rings (SSSR count). The molecule has 0 aliphatic rings. The number of benzene rings is 1. The van der Waals surface area contributed by atoms with Gasteiger partial charge in [-0.1, -0.05) is 58.9 Å². The maximum absolute atomic E-state index is 5.62. The van der Waals surface area contributed by atoms with Crippen LogP contribution in [-0.2, 0) is 10.2 Å². The highest BCUT2D eigenvalue weighted by Gasteiger charge is 2.15. The van der Waals surface area contributed by atoms with Crippen molar-refractivity contribution in [1.29, 1.82) is 0 Å². The summed E-state index contributed by atoms with van der Waals surface area (Å²) in [5.41, 5.74) is 2.97. The molecule has 0 spiro atoms. The van der Waals surface area contributed by atoms with Gasteiger partial charge in [0.25, 0.3) is 0 Å². The summed E-state index contributed by atoms with van der Waals surface area (Å²) in [5, 5.41) is 3.55. The maximum Gasteiger partial charge on any atom is 0.0484 e. The summed E-state index contributed by atoms with van der Waals surface area (Å²) in [4.78, 5) is 0. The van der Waals surface area contributed by atoms with E-state index in [2.05, 4.69) is 64.2 Å². The van der Waals surface area contributed by atoms with E-state index in [1.165, 1.54) is 11.1 Å². The number of nitrogens with one attached hydrogen (secondary N) is 1. The Hall–Kier alpha value is -0.860. The summed E-state index contributed by atoms with van der Waals surface area (Å²) < 4.78 is 5.62. The average Bonchev–Trinajstić information content (AvgIpc) is 2.41. The third-order valence-electron chi connectivity index (χ3n) is 3.53. The lowest BCUT2D eigenvalue weighted by molar-refractivity contribution is 0.124. The van der Waals surface area contributed by atoms with Crippen molar-refractivity contribution in [2.75, 3.05) is 19.8 Å². The fourth-order valence-corrected chi connectivity index (χ4v) is 2.30. The minimum atomic E-state index is 0.219. The van der Waals surface area contributed by atoms with Crippen molar-refractivity contribution in [2.24, 2.45) is 0 Å². The van der Waals surface area contributed by atoms with Gasteiger partial charge in [-0.2, -0.15) is 0 Å². The molecule has 1 atom stereocenters. The second-order valence-electron chi connectivity index (χ2n) is 6.38. The van der Waals surface area contributed by atoms with Crippen molar-refractivity contribution in [3.63, 3.8) is 0 Å². The highest BCUT2D eigenvalue weighted by atomic mass is 16.5. The lowest BCUT2D eigenvalue weighted by Gasteiger charge is -2.22. The van der Waals surface area contributed by atoms with Crippen LogP contribution in [0.25, 0.3) is 0 Å². The number of hydrogen-bond donors (Lipinski definition) is 1. The first kappa shape index (κ1) is 17.2. The molecule has 0 radical (unpaired) electrons. The highest BCUT2D eigenvalue weighted by molar-refractivity contribution is 5.29. The third-order valence-corrected chi connectivity index (χ3v) is 3.53. The largest absolute Gasteiger partial charge is 0.381 e. The Balaban J connectivity index is 2.66. The number of hydrogen-bond acceptors (Lipinski definition) is 2. The Labute approximate surface area is 124 Å². The number of ether oxygens (including phenoxy) is 1. The highest BCUT2D eigenvalue weighted by Crippen LogP contribution is 2.25. The van der Waals surface area contributed by atoms with Gasteiger partial charge in [-0.05, 0) is 35.9 Å². The van der Waals surface area contributed by atoms with Gasteiger partial charge in [0.2, 0.25) is 0 Å². The number of rotatable bonds is 8. The van der Waals surface area contributed by atoms with E-state index in [4.69, 9.17) is 4.74 Å². The minimum Gasteiger partial charge on any atom is -0.381 e. The zero-order valence-electron chi connectivity index (χ0n) is 13.8. The normalized spacial score (nSPS) is 13.4. The smallest absolute Gasteiger partial charge is 0.0484 e. The van der Waals surface area contributed by atoms with Crippen LogP contribution in [0.4, 0.5) is 0 Å². The monoisotopic (exact) mass is 277 g/mol. The summed E-state index contributed by atoms with van der Waals surface area (Å²) in [7, 11) is 0. The molecule has 1 N–H and O–H groups in total. The second kappa shape index (κ2) is 8.43. The molecule has 1 aromatic carbocycles. The molecule has 1 aromatic rings. The zero-order valence-corrected chi connectivity index (χ0v) is 13.8. The van der Waals surface area contributed by atoms with Crippen molar-refractivity contribution in [2.45, 2.75) is 58.9 Å². The minimum absolute atomic E-state index is 0.219. The summed E-state index contributed by atoms with van der Waals surface area (Å²) in [6.45, 7) is 13.7. The van der Waals surface area contributed by atoms with E-state index in [-0.39, 0.29) is 5.41 Å².